The van der Waals surface area contributed by atoms with Crippen LogP contribution in [0.4, 0.5) is 0 Å². The third-order valence-corrected chi connectivity index (χ3v) is 5.76. The standard InChI is InChI=1S/C25H28N4O4/c1-17(30)26-22(18-8-3-2-4-9-18)14-24(31)29(15-19-10-7-13-33-19)16-23-27-21-12-6-5-11-20(21)25(32)28-23/h2-6,8-9,11-12,19,22H,7,10,13-16H2,1H3,(H,26,30)(H,27,28,32)/t19-,22-/m0/s1. The van der Waals surface area contributed by atoms with Crippen LogP contribution in [0, 0.1) is 0 Å². The molecule has 0 radical (unpaired) electrons. The first-order valence-corrected chi connectivity index (χ1v) is 11.2. The number of para-hydroxylation sites is 1. The first-order chi connectivity index (χ1) is 16.0. The van der Waals surface area contributed by atoms with Gasteiger partial charge in [-0.05, 0) is 30.5 Å². The minimum atomic E-state index is -0.452. The molecule has 2 heterocycles. The van der Waals surface area contributed by atoms with E-state index in [1.54, 1.807) is 23.1 Å². The molecule has 1 aliphatic rings. The number of nitrogens with one attached hydrogen (secondary N) is 2. The van der Waals surface area contributed by atoms with E-state index in [1.165, 1.54) is 6.92 Å². The SMILES string of the molecule is CC(=O)N[C@@H](CC(=O)N(Cc1nc2ccccc2c(=O)[nH]1)C[C@@H]1CCCO1)c1ccccc1. The molecule has 4 rings (SSSR count). The smallest absolute Gasteiger partial charge is 0.258 e. The zero-order chi connectivity index (χ0) is 23.2. The molecule has 0 saturated carbocycles. The van der Waals surface area contributed by atoms with Crippen LogP contribution in [0.15, 0.2) is 59.4 Å². The summed E-state index contributed by atoms with van der Waals surface area (Å²) in [6, 6.07) is 16.1. The Balaban J connectivity index is 1.58. The summed E-state index contributed by atoms with van der Waals surface area (Å²) in [7, 11) is 0. The quantitative estimate of drug-likeness (QED) is 0.551. The van der Waals surface area contributed by atoms with E-state index in [0.29, 0.717) is 29.9 Å². The maximum Gasteiger partial charge on any atom is 0.258 e. The van der Waals surface area contributed by atoms with Crippen LogP contribution in [0.25, 0.3) is 10.9 Å². The van der Waals surface area contributed by atoms with E-state index in [0.717, 1.165) is 18.4 Å². The number of ether oxygens (including phenoxy) is 1. The van der Waals surface area contributed by atoms with Gasteiger partial charge in [-0.15, -0.1) is 0 Å². The molecule has 3 aromatic rings. The second-order valence-electron chi connectivity index (χ2n) is 8.31. The number of carbonyl (C=O) groups excluding carboxylic acids is 2. The summed E-state index contributed by atoms with van der Waals surface area (Å²) in [5, 5.41) is 3.39. The normalized spacial score (nSPS) is 16.5. The summed E-state index contributed by atoms with van der Waals surface area (Å²) in [5.41, 5.74) is 1.21. The molecule has 8 nitrogen and oxygen atoms in total. The van der Waals surface area contributed by atoms with Gasteiger partial charge in [-0.25, -0.2) is 4.98 Å². The van der Waals surface area contributed by atoms with Crippen LogP contribution in [-0.2, 0) is 20.9 Å². The van der Waals surface area contributed by atoms with Gasteiger partial charge in [-0.2, -0.15) is 0 Å². The van der Waals surface area contributed by atoms with E-state index in [9.17, 15) is 14.4 Å². The minimum Gasteiger partial charge on any atom is -0.376 e. The number of benzene rings is 2. The van der Waals surface area contributed by atoms with Gasteiger partial charge in [-0.1, -0.05) is 42.5 Å². The van der Waals surface area contributed by atoms with E-state index in [2.05, 4.69) is 15.3 Å². The van der Waals surface area contributed by atoms with Crippen molar-refractivity contribution in [1.82, 2.24) is 20.2 Å². The Kier molecular flexibility index (Phi) is 7.14. The Morgan fingerprint density at radius 3 is 2.67 bits per heavy atom. The van der Waals surface area contributed by atoms with Crippen molar-refractivity contribution < 1.29 is 14.3 Å². The van der Waals surface area contributed by atoms with Crippen molar-refractivity contribution >= 4 is 22.7 Å². The predicted molar refractivity (Wildman–Crippen MR) is 124 cm³/mol. The van der Waals surface area contributed by atoms with Crippen molar-refractivity contribution in [3.63, 3.8) is 0 Å². The molecule has 2 atom stereocenters. The van der Waals surface area contributed by atoms with E-state index < -0.39 is 6.04 Å². The fourth-order valence-electron chi connectivity index (χ4n) is 4.17. The Morgan fingerprint density at radius 1 is 1.18 bits per heavy atom. The summed E-state index contributed by atoms with van der Waals surface area (Å²) in [4.78, 5) is 46.8. The molecule has 33 heavy (non-hydrogen) atoms. The van der Waals surface area contributed by atoms with Crippen LogP contribution in [-0.4, -0.2) is 45.9 Å². The van der Waals surface area contributed by atoms with Crippen molar-refractivity contribution in [3.8, 4) is 0 Å². The lowest BCUT2D eigenvalue weighted by atomic mass is 10.0. The van der Waals surface area contributed by atoms with E-state index in [-0.39, 0.29) is 36.4 Å². The molecule has 0 spiro atoms. The highest BCUT2D eigenvalue weighted by Crippen LogP contribution is 2.21. The van der Waals surface area contributed by atoms with Gasteiger partial charge in [0.25, 0.3) is 5.56 Å². The van der Waals surface area contributed by atoms with Crippen molar-refractivity contribution in [3.05, 3.63) is 76.3 Å². The van der Waals surface area contributed by atoms with Crippen LogP contribution in [0.5, 0.6) is 0 Å². The van der Waals surface area contributed by atoms with Crippen LogP contribution in [0.3, 0.4) is 0 Å². The highest BCUT2D eigenvalue weighted by atomic mass is 16.5. The Morgan fingerprint density at radius 2 is 1.94 bits per heavy atom. The average Bonchev–Trinajstić information content (AvgIpc) is 3.32. The fraction of sp³-hybridized carbons (Fsp3) is 0.360. The number of nitrogens with zero attached hydrogens (tertiary/aromatic N) is 2. The largest absolute Gasteiger partial charge is 0.376 e. The molecular weight excluding hydrogens is 420 g/mol. The number of hydrogen-bond donors (Lipinski definition) is 2. The topological polar surface area (TPSA) is 104 Å². The molecule has 1 fully saturated rings. The zero-order valence-corrected chi connectivity index (χ0v) is 18.6. The maximum atomic E-state index is 13.4. The van der Waals surface area contributed by atoms with Crippen molar-refractivity contribution in [2.24, 2.45) is 0 Å². The highest BCUT2D eigenvalue weighted by molar-refractivity contribution is 5.80. The van der Waals surface area contributed by atoms with E-state index in [1.807, 2.05) is 36.4 Å². The molecule has 1 aliphatic heterocycles. The first kappa shape index (κ1) is 22.7. The number of hydrogen-bond acceptors (Lipinski definition) is 5. The molecule has 2 amide bonds. The third kappa shape index (κ3) is 5.84. The Labute approximate surface area is 192 Å². The summed E-state index contributed by atoms with van der Waals surface area (Å²) >= 11 is 0. The predicted octanol–water partition coefficient (Wildman–Crippen LogP) is 2.70. The number of carbonyl (C=O) groups is 2. The maximum absolute atomic E-state index is 13.4. The number of fused-ring (bicyclic) bond motifs is 1. The van der Waals surface area contributed by atoms with Crippen LogP contribution in [0.2, 0.25) is 0 Å². The van der Waals surface area contributed by atoms with Crippen molar-refractivity contribution in [2.45, 2.75) is 44.9 Å². The molecule has 172 valence electrons. The van der Waals surface area contributed by atoms with Gasteiger partial charge in [0, 0.05) is 20.1 Å². The van der Waals surface area contributed by atoms with Crippen molar-refractivity contribution in [2.75, 3.05) is 13.2 Å². The lowest BCUT2D eigenvalue weighted by Gasteiger charge is -2.27. The van der Waals surface area contributed by atoms with Crippen LogP contribution >= 0.6 is 0 Å². The van der Waals surface area contributed by atoms with Gasteiger partial charge in [0.1, 0.15) is 5.82 Å². The van der Waals surface area contributed by atoms with Crippen LogP contribution < -0.4 is 10.9 Å². The summed E-state index contributed by atoms with van der Waals surface area (Å²) in [6.07, 6.45) is 1.86. The molecule has 0 bridgehead atoms. The lowest BCUT2D eigenvalue weighted by Crippen LogP contribution is -2.40. The van der Waals surface area contributed by atoms with Crippen LogP contribution in [0.1, 0.15) is 43.6 Å². The summed E-state index contributed by atoms with van der Waals surface area (Å²) < 4.78 is 5.76. The molecule has 1 aromatic heterocycles. The summed E-state index contributed by atoms with van der Waals surface area (Å²) in [5.74, 6) is 0.0626. The molecule has 0 aliphatic carbocycles. The molecule has 8 heteroatoms. The van der Waals surface area contributed by atoms with Gasteiger partial charge in [-0.3, -0.25) is 14.4 Å². The molecule has 0 unspecified atom stereocenters. The summed E-state index contributed by atoms with van der Waals surface area (Å²) in [6.45, 7) is 2.67. The van der Waals surface area contributed by atoms with E-state index >= 15 is 0 Å². The van der Waals surface area contributed by atoms with Gasteiger partial charge in [0.15, 0.2) is 0 Å². The number of aromatic nitrogens is 2. The monoisotopic (exact) mass is 448 g/mol. The van der Waals surface area contributed by atoms with Gasteiger partial charge >= 0.3 is 0 Å². The van der Waals surface area contributed by atoms with Crippen molar-refractivity contribution in [1.29, 1.82) is 0 Å². The van der Waals surface area contributed by atoms with Gasteiger partial charge < -0.3 is 19.9 Å². The lowest BCUT2D eigenvalue weighted by molar-refractivity contribution is -0.134. The van der Waals surface area contributed by atoms with E-state index in [4.69, 9.17) is 4.74 Å². The molecular formula is C25H28N4O4. The Hall–Kier alpha value is -3.52. The molecule has 1 saturated heterocycles. The Bertz CT molecular complexity index is 1170. The second kappa shape index (κ2) is 10.4. The number of amides is 2. The fourth-order valence-corrected chi connectivity index (χ4v) is 4.17. The third-order valence-electron chi connectivity index (χ3n) is 5.76. The first-order valence-electron chi connectivity index (χ1n) is 11.2. The number of aromatic amines is 1. The number of H-pyrrole nitrogens is 1. The molecule has 2 aromatic carbocycles. The number of rotatable bonds is 8. The zero-order valence-electron chi connectivity index (χ0n) is 18.6. The molecule has 2 N–H and O–H groups in total. The minimum absolute atomic E-state index is 0.0583. The average molecular weight is 449 g/mol. The van der Waals surface area contributed by atoms with Gasteiger partial charge in [0.2, 0.25) is 11.8 Å². The highest BCUT2D eigenvalue weighted by Gasteiger charge is 2.26. The second-order valence-corrected chi connectivity index (χ2v) is 8.31. The van der Waals surface area contributed by atoms with Gasteiger partial charge in [0.05, 0.1) is 36.0 Å².